The van der Waals surface area contributed by atoms with Crippen molar-refractivity contribution in [2.24, 2.45) is 5.41 Å². The second kappa shape index (κ2) is 2.13. The number of hydrogen-bond acceptors (Lipinski definition) is 1. The Labute approximate surface area is 49.1 Å². The summed E-state index contributed by atoms with van der Waals surface area (Å²) in [6.07, 6.45) is -1.34. The monoisotopic (exact) mass is 115 g/mol. The van der Waals surface area contributed by atoms with Crippen LogP contribution in [0, 0.1) is 16.7 Å². The zero-order valence-corrected chi connectivity index (χ0v) is 5.40. The summed E-state index contributed by atoms with van der Waals surface area (Å²) in [5.74, 6) is 0. The second-order valence-electron chi connectivity index (χ2n) is 2.86. The summed E-state index contributed by atoms with van der Waals surface area (Å²) in [6, 6.07) is 1.54. The number of hydrogen-bond donors (Lipinski definition) is 0. The van der Waals surface area contributed by atoms with Gasteiger partial charge >= 0.3 is 0 Å². The van der Waals surface area contributed by atoms with Gasteiger partial charge in [0.15, 0.2) is 6.17 Å². The highest BCUT2D eigenvalue weighted by molar-refractivity contribution is 4.91. The summed E-state index contributed by atoms with van der Waals surface area (Å²) in [7, 11) is 0. The van der Waals surface area contributed by atoms with Crippen LogP contribution in [0.1, 0.15) is 20.8 Å². The molecular formula is C6H10FN. The smallest absolute Gasteiger partial charge is 0.191 e. The van der Waals surface area contributed by atoms with Crippen molar-refractivity contribution in [1.29, 1.82) is 5.26 Å². The molecule has 0 saturated heterocycles. The third-order valence-electron chi connectivity index (χ3n) is 0.874. The lowest BCUT2D eigenvalue weighted by molar-refractivity contribution is 0.217. The van der Waals surface area contributed by atoms with Crippen LogP contribution in [0.3, 0.4) is 0 Å². The van der Waals surface area contributed by atoms with Gasteiger partial charge in [-0.25, -0.2) is 4.39 Å². The molecule has 0 aliphatic heterocycles. The molecule has 0 aromatic carbocycles. The lowest BCUT2D eigenvalue weighted by Gasteiger charge is -2.16. The summed E-state index contributed by atoms with van der Waals surface area (Å²) in [5.41, 5.74) is -0.519. The van der Waals surface area contributed by atoms with Crippen molar-refractivity contribution in [3.63, 3.8) is 0 Å². The molecule has 0 bridgehead atoms. The van der Waals surface area contributed by atoms with Crippen molar-refractivity contribution in [1.82, 2.24) is 0 Å². The average molecular weight is 115 g/mol. The molecule has 0 amide bonds. The fraction of sp³-hybridized carbons (Fsp3) is 0.833. The van der Waals surface area contributed by atoms with Crippen LogP contribution < -0.4 is 0 Å². The van der Waals surface area contributed by atoms with Gasteiger partial charge in [0, 0.05) is 5.41 Å². The van der Waals surface area contributed by atoms with Crippen LogP contribution >= 0.6 is 0 Å². The molecule has 1 nitrogen and oxygen atoms in total. The topological polar surface area (TPSA) is 23.8 Å². The molecule has 0 aliphatic carbocycles. The van der Waals surface area contributed by atoms with Crippen LogP contribution in [-0.4, -0.2) is 6.17 Å². The maximum atomic E-state index is 12.3. The molecule has 46 valence electrons. The molecule has 0 rings (SSSR count). The van der Waals surface area contributed by atoms with Gasteiger partial charge in [0.1, 0.15) is 6.07 Å². The Balaban J connectivity index is 3.87. The largest absolute Gasteiger partial charge is 0.230 e. The van der Waals surface area contributed by atoms with Crippen molar-refractivity contribution in [3.8, 4) is 6.07 Å². The van der Waals surface area contributed by atoms with Gasteiger partial charge in [0.25, 0.3) is 0 Å². The van der Waals surface area contributed by atoms with Gasteiger partial charge in [-0.3, -0.25) is 0 Å². The Hall–Kier alpha value is -0.580. The molecule has 0 aliphatic rings. The van der Waals surface area contributed by atoms with Crippen molar-refractivity contribution < 1.29 is 4.39 Å². The zero-order chi connectivity index (χ0) is 6.78. The van der Waals surface area contributed by atoms with E-state index in [4.69, 9.17) is 5.26 Å². The van der Waals surface area contributed by atoms with Crippen molar-refractivity contribution in [2.75, 3.05) is 0 Å². The molecule has 0 aromatic heterocycles. The van der Waals surface area contributed by atoms with Crippen molar-refractivity contribution in [2.45, 2.75) is 26.9 Å². The number of rotatable bonds is 0. The highest BCUT2D eigenvalue weighted by Gasteiger charge is 2.22. The SMILES string of the molecule is CC(C)(C)C(F)C#N. The minimum absolute atomic E-state index is 0.519. The van der Waals surface area contributed by atoms with E-state index in [9.17, 15) is 4.39 Å². The lowest BCUT2D eigenvalue weighted by Crippen LogP contribution is -2.19. The average Bonchev–Trinajstić information content (AvgIpc) is 1.62. The van der Waals surface area contributed by atoms with E-state index in [1.54, 1.807) is 20.8 Å². The highest BCUT2D eigenvalue weighted by Crippen LogP contribution is 2.20. The normalized spacial score (nSPS) is 14.9. The summed E-state index contributed by atoms with van der Waals surface area (Å²) < 4.78 is 12.3. The van der Waals surface area contributed by atoms with Crippen LogP contribution in [0.5, 0.6) is 0 Å². The molecule has 0 spiro atoms. The first-order valence-corrected chi connectivity index (χ1v) is 2.52. The fourth-order valence-electron chi connectivity index (χ4n) is 0.194. The first-order chi connectivity index (χ1) is 3.48. The van der Waals surface area contributed by atoms with Crippen LogP contribution in [0.4, 0.5) is 4.39 Å². The predicted molar refractivity (Wildman–Crippen MR) is 30.0 cm³/mol. The number of alkyl halides is 1. The maximum Gasteiger partial charge on any atom is 0.191 e. The van der Waals surface area contributed by atoms with E-state index in [2.05, 4.69) is 0 Å². The zero-order valence-electron chi connectivity index (χ0n) is 5.40. The van der Waals surface area contributed by atoms with Crippen molar-refractivity contribution >= 4 is 0 Å². The molecule has 0 radical (unpaired) electrons. The first kappa shape index (κ1) is 7.42. The van der Waals surface area contributed by atoms with Gasteiger partial charge in [-0.05, 0) is 0 Å². The van der Waals surface area contributed by atoms with E-state index in [0.29, 0.717) is 0 Å². The third-order valence-corrected chi connectivity index (χ3v) is 0.874. The van der Waals surface area contributed by atoms with Crippen LogP contribution in [0.2, 0.25) is 0 Å². The third kappa shape index (κ3) is 1.92. The Morgan fingerprint density at radius 1 is 1.50 bits per heavy atom. The van der Waals surface area contributed by atoms with Gasteiger partial charge in [-0.1, -0.05) is 20.8 Å². The number of halogens is 1. The van der Waals surface area contributed by atoms with E-state index in [1.807, 2.05) is 0 Å². The van der Waals surface area contributed by atoms with E-state index in [0.717, 1.165) is 0 Å². The molecule has 8 heavy (non-hydrogen) atoms. The molecule has 0 aromatic rings. The Bertz CT molecular complexity index is 107. The molecule has 1 unspecified atom stereocenters. The number of nitriles is 1. The van der Waals surface area contributed by atoms with Gasteiger partial charge in [-0.15, -0.1) is 0 Å². The second-order valence-corrected chi connectivity index (χ2v) is 2.86. The molecular weight excluding hydrogens is 105 g/mol. The van der Waals surface area contributed by atoms with Gasteiger partial charge in [0.2, 0.25) is 0 Å². The van der Waals surface area contributed by atoms with E-state index >= 15 is 0 Å². The standard InChI is InChI=1S/C6H10FN/c1-6(2,3)5(7)4-8/h5H,1-3H3. The van der Waals surface area contributed by atoms with Gasteiger partial charge in [-0.2, -0.15) is 5.26 Å². The summed E-state index contributed by atoms with van der Waals surface area (Å²) >= 11 is 0. The minimum Gasteiger partial charge on any atom is -0.230 e. The predicted octanol–water partition coefficient (Wildman–Crippen LogP) is 1.89. The quantitative estimate of drug-likeness (QED) is 0.473. The Kier molecular flexibility index (Phi) is 1.97. The molecule has 0 fully saturated rings. The van der Waals surface area contributed by atoms with E-state index in [-0.39, 0.29) is 0 Å². The van der Waals surface area contributed by atoms with Gasteiger partial charge < -0.3 is 0 Å². The number of nitrogens with zero attached hydrogens (tertiary/aromatic N) is 1. The molecule has 2 heteroatoms. The Morgan fingerprint density at radius 2 is 1.88 bits per heavy atom. The Morgan fingerprint density at radius 3 is 1.88 bits per heavy atom. The first-order valence-electron chi connectivity index (χ1n) is 2.52. The summed E-state index contributed by atoms with van der Waals surface area (Å²) in [4.78, 5) is 0. The molecule has 0 saturated carbocycles. The maximum absolute atomic E-state index is 12.3. The molecule has 0 heterocycles. The highest BCUT2D eigenvalue weighted by atomic mass is 19.1. The van der Waals surface area contributed by atoms with E-state index < -0.39 is 11.6 Å². The van der Waals surface area contributed by atoms with E-state index in [1.165, 1.54) is 6.07 Å². The lowest BCUT2D eigenvalue weighted by atomic mass is 9.91. The molecule has 1 atom stereocenters. The fourth-order valence-corrected chi connectivity index (χ4v) is 0.194. The summed E-state index contributed by atoms with van der Waals surface area (Å²) in [6.45, 7) is 5.09. The molecule has 0 N–H and O–H groups in total. The minimum atomic E-state index is -1.34. The van der Waals surface area contributed by atoms with Crippen LogP contribution in [0.25, 0.3) is 0 Å². The van der Waals surface area contributed by atoms with Crippen LogP contribution in [-0.2, 0) is 0 Å². The van der Waals surface area contributed by atoms with Crippen LogP contribution in [0.15, 0.2) is 0 Å². The van der Waals surface area contributed by atoms with Gasteiger partial charge in [0.05, 0.1) is 0 Å². The summed E-state index contributed by atoms with van der Waals surface area (Å²) in [5, 5.41) is 8.05. The van der Waals surface area contributed by atoms with Crippen molar-refractivity contribution in [3.05, 3.63) is 0 Å².